The number of ether oxygens (including phenoxy) is 1. The Balaban J connectivity index is 1.49. The third kappa shape index (κ3) is 4.33. The molecule has 2 aliphatic heterocycles. The van der Waals surface area contributed by atoms with Crippen LogP contribution in [0.3, 0.4) is 0 Å². The molecule has 0 saturated carbocycles. The Morgan fingerprint density at radius 2 is 1.94 bits per heavy atom. The molecule has 0 aliphatic carbocycles. The van der Waals surface area contributed by atoms with Gasteiger partial charge >= 0.3 is 0 Å². The lowest BCUT2D eigenvalue weighted by Gasteiger charge is -2.16. The first-order valence-corrected chi connectivity index (χ1v) is 13.7. The Kier molecular flexibility index (Phi) is 6.29. The molecular formula is C24H29N3O3S2. The zero-order chi connectivity index (χ0) is 22.1. The fraction of sp³-hybridized carbons (Fsp3) is 0.458. The number of benzene rings is 2. The quantitative estimate of drug-likeness (QED) is 0.471. The van der Waals surface area contributed by atoms with E-state index in [1.54, 1.807) is 28.2 Å². The van der Waals surface area contributed by atoms with Crippen molar-refractivity contribution in [3.05, 3.63) is 53.6 Å². The molecule has 3 aromatic rings. The first-order valence-electron chi connectivity index (χ1n) is 11.3. The molecule has 5 rings (SSSR count). The highest BCUT2D eigenvalue weighted by Gasteiger charge is 2.28. The molecule has 170 valence electrons. The van der Waals surface area contributed by atoms with Crippen LogP contribution in [0.5, 0.6) is 0 Å². The zero-order valence-corrected chi connectivity index (χ0v) is 20.0. The van der Waals surface area contributed by atoms with Gasteiger partial charge in [0, 0.05) is 25.4 Å². The van der Waals surface area contributed by atoms with Crippen LogP contribution < -0.4 is 0 Å². The summed E-state index contributed by atoms with van der Waals surface area (Å²) in [4.78, 5) is 5.22. The van der Waals surface area contributed by atoms with Crippen molar-refractivity contribution in [2.24, 2.45) is 0 Å². The van der Waals surface area contributed by atoms with E-state index in [1.165, 1.54) is 11.1 Å². The summed E-state index contributed by atoms with van der Waals surface area (Å²) in [6, 6.07) is 13.8. The van der Waals surface area contributed by atoms with Gasteiger partial charge in [-0.2, -0.15) is 4.31 Å². The average molecular weight is 472 g/mol. The van der Waals surface area contributed by atoms with Gasteiger partial charge in [0.25, 0.3) is 0 Å². The van der Waals surface area contributed by atoms with Gasteiger partial charge < -0.3 is 9.30 Å². The number of sulfonamides is 1. The number of aryl methyl sites for hydroxylation is 1. The molecule has 0 radical (unpaired) electrons. The summed E-state index contributed by atoms with van der Waals surface area (Å²) < 4.78 is 35.8. The lowest BCUT2D eigenvalue weighted by atomic mass is 10.1. The molecule has 8 heteroatoms. The lowest BCUT2D eigenvalue weighted by Crippen LogP contribution is -2.27. The van der Waals surface area contributed by atoms with Crippen molar-refractivity contribution in [2.75, 3.05) is 19.7 Å². The molecule has 0 spiro atoms. The second kappa shape index (κ2) is 9.17. The van der Waals surface area contributed by atoms with E-state index < -0.39 is 10.0 Å². The SMILES string of the molecule is Cc1ccccc1CSc1nc2cc(S(=O)(=O)N3CCCC3)ccc2n1CC1CCCO1. The van der Waals surface area contributed by atoms with Crippen molar-refractivity contribution in [2.45, 2.75) is 61.1 Å². The maximum Gasteiger partial charge on any atom is 0.243 e. The summed E-state index contributed by atoms with van der Waals surface area (Å²) >= 11 is 1.70. The predicted molar refractivity (Wildman–Crippen MR) is 127 cm³/mol. The number of rotatable bonds is 7. The Morgan fingerprint density at radius 1 is 1.12 bits per heavy atom. The Labute approximate surface area is 194 Å². The van der Waals surface area contributed by atoms with Crippen LogP contribution in [0.2, 0.25) is 0 Å². The average Bonchev–Trinajstić information content (AvgIpc) is 3.55. The molecule has 0 N–H and O–H groups in total. The number of aromatic nitrogens is 2. The summed E-state index contributed by atoms with van der Waals surface area (Å²) in [7, 11) is -3.46. The maximum atomic E-state index is 13.1. The summed E-state index contributed by atoms with van der Waals surface area (Å²) in [5.74, 6) is 0.820. The topological polar surface area (TPSA) is 64.4 Å². The number of thioether (sulfide) groups is 1. The monoisotopic (exact) mass is 471 g/mol. The van der Waals surface area contributed by atoms with Crippen molar-refractivity contribution < 1.29 is 13.2 Å². The first kappa shape index (κ1) is 21.9. The van der Waals surface area contributed by atoms with Crippen LogP contribution in [-0.4, -0.2) is 48.1 Å². The van der Waals surface area contributed by atoms with Gasteiger partial charge in [-0.15, -0.1) is 0 Å². The van der Waals surface area contributed by atoms with E-state index in [2.05, 4.69) is 35.8 Å². The van der Waals surface area contributed by atoms with Crippen LogP contribution in [0.25, 0.3) is 11.0 Å². The number of fused-ring (bicyclic) bond motifs is 1. The van der Waals surface area contributed by atoms with E-state index in [1.807, 2.05) is 6.07 Å². The van der Waals surface area contributed by atoms with Crippen LogP contribution >= 0.6 is 11.8 Å². The fourth-order valence-corrected chi connectivity index (χ4v) is 7.16. The molecular weight excluding hydrogens is 442 g/mol. The normalized spacial score (nSPS) is 19.8. The zero-order valence-electron chi connectivity index (χ0n) is 18.4. The molecule has 1 atom stereocenters. The number of hydrogen-bond acceptors (Lipinski definition) is 5. The third-order valence-corrected chi connectivity index (χ3v) is 9.34. The highest BCUT2D eigenvalue weighted by atomic mass is 32.2. The van der Waals surface area contributed by atoms with E-state index in [4.69, 9.17) is 9.72 Å². The first-order chi connectivity index (χ1) is 15.5. The van der Waals surface area contributed by atoms with Gasteiger partial charge in [0.1, 0.15) is 0 Å². The largest absolute Gasteiger partial charge is 0.376 e. The van der Waals surface area contributed by atoms with Crippen molar-refractivity contribution in [1.82, 2.24) is 13.9 Å². The van der Waals surface area contributed by atoms with Crippen LogP contribution in [0, 0.1) is 6.92 Å². The second-order valence-electron chi connectivity index (χ2n) is 8.62. The number of imidazole rings is 1. The fourth-order valence-electron chi connectivity index (χ4n) is 4.52. The molecule has 3 heterocycles. The molecule has 2 fully saturated rings. The minimum atomic E-state index is -3.46. The summed E-state index contributed by atoms with van der Waals surface area (Å²) in [6.07, 6.45) is 4.16. The predicted octanol–water partition coefficient (Wildman–Crippen LogP) is 4.60. The molecule has 0 amide bonds. The summed E-state index contributed by atoms with van der Waals surface area (Å²) in [6.45, 7) is 4.88. The van der Waals surface area contributed by atoms with E-state index in [9.17, 15) is 8.42 Å². The Hall–Kier alpha value is -1.87. The van der Waals surface area contributed by atoms with Crippen molar-refractivity contribution >= 4 is 32.8 Å². The lowest BCUT2D eigenvalue weighted by molar-refractivity contribution is 0.0960. The van der Waals surface area contributed by atoms with E-state index in [0.717, 1.165) is 60.8 Å². The second-order valence-corrected chi connectivity index (χ2v) is 11.5. The minimum absolute atomic E-state index is 0.179. The van der Waals surface area contributed by atoms with Crippen molar-refractivity contribution in [1.29, 1.82) is 0 Å². The van der Waals surface area contributed by atoms with Crippen LogP contribution in [0.15, 0.2) is 52.5 Å². The van der Waals surface area contributed by atoms with Gasteiger partial charge in [-0.05, 0) is 61.9 Å². The minimum Gasteiger partial charge on any atom is -0.376 e. The maximum absolute atomic E-state index is 13.1. The Bertz CT molecular complexity index is 1210. The smallest absolute Gasteiger partial charge is 0.243 e. The summed E-state index contributed by atoms with van der Waals surface area (Å²) in [5, 5.41) is 0.912. The highest BCUT2D eigenvalue weighted by Crippen LogP contribution is 2.31. The van der Waals surface area contributed by atoms with Gasteiger partial charge in [0.05, 0.1) is 28.6 Å². The van der Waals surface area contributed by atoms with Crippen LogP contribution in [0.4, 0.5) is 0 Å². The van der Waals surface area contributed by atoms with Crippen molar-refractivity contribution in [3.8, 4) is 0 Å². The summed E-state index contributed by atoms with van der Waals surface area (Å²) in [5.41, 5.74) is 4.25. The van der Waals surface area contributed by atoms with E-state index in [0.29, 0.717) is 18.0 Å². The van der Waals surface area contributed by atoms with Gasteiger partial charge in [0.2, 0.25) is 10.0 Å². The molecule has 2 saturated heterocycles. The Morgan fingerprint density at radius 3 is 2.69 bits per heavy atom. The van der Waals surface area contributed by atoms with Crippen molar-refractivity contribution in [3.63, 3.8) is 0 Å². The molecule has 2 aliphatic rings. The molecule has 6 nitrogen and oxygen atoms in total. The highest BCUT2D eigenvalue weighted by molar-refractivity contribution is 7.98. The van der Waals surface area contributed by atoms with Gasteiger partial charge in [0.15, 0.2) is 5.16 Å². The van der Waals surface area contributed by atoms with Gasteiger partial charge in [-0.3, -0.25) is 0 Å². The molecule has 32 heavy (non-hydrogen) atoms. The van der Waals surface area contributed by atoms with Crippen LogP contribution in [0.1, 0.15) is 36.8 Å². The van der Waals surface area contributed by atoms with Crippen LogP contribution in [-0.2, 0) is 27.1 Å². The number of hydrogen-bond donors (Lipinski definition) is 0. The number of nitrogens with zero attached hydrogens (tertiary/aromatic N) is 3. The van der Waals surface area contributed by atoms with E-state index in [-0.39, 0.29) is 6.10 Å². The molecule has 1 aromatic heterocycles. The molecule has 0 bridgehead atoms. The molecule has 1 unspecified atom stereocenters. The van der Waals surface area contributed by atoms with Gasteiger partial charge in [-0.25, -0.2) is 13.4 Å². The van der Waals surface area contributed by atoms with E-state index >= 15 is 0 Å². The third-order valence-electron chi connectivity index (χ3n) is 6.42. The standard InChI is InChI=1S/C24H29N3O3S2/c1-18-7-2-3-8-19(18)17-31-24-25-22-15-21(32(28,29)26-12-4-5-13-26)10-11-23(22)27(24)16-20-9-6-14-30-20/h2-3,7-8,10-11,15,20H,4-6,9,12-14,16-17H2,1H3. The molecule has 2 aromatic carbocycles. The van der Waals surface area contributed by atoms with Gasteiger partial charge in [-0.1, -0.05) is 36.0 Å².